The quantitative estimate of drug-likeness (QED) is 0.237. The summed E-state index contributed by atoms with van der Waals surface area (Å²) in [6, 6.07) is 6.08. The van der Waals surface area contributed by atoms with Crippen LogP contribution in [0.1, 0.15) is 63.0 Å². The molecule has 1 aromatic carbocycles. The Labute approximate surface area is 170 Å². The molecule has 1 rings (SSSR count). The lowest BCUT2D eigenvalue weighted by Gasteiger charge is -2.13. The molecule has 0 aliphatic rings. The van der Waals surface area contributed by atoms with Gasteiger partial charge < -0.3 is 14.6 Å². The first kappa shape index (κ1) is 23.5. The van der Waals surface area contributed by atoms with Crippen LogP contribution in [0.4, 0.5) is 0 Å². The lowest BCUT2D eigenvalue weighted by atomic mass is 10.0. The van der Waals surface area contributed by atoms with Crippen molar-refractivity contribution >= 4 is 27.9 Å². The van der Waals surface area contributed by atoms with Crippen LogP contribution in [-0.4, -0.2) is 35.6 Å². The van der Waals surface area contributed by atoms with Gasteiger partial charge >= 0.3 is 11.9 Å². The summed E-state index contributed by atoms with van der Waals surface area (Å²) < 4.78 is 11.0. The summed E-state index contributed by atoms with van der Waals surface area (Å²) in [5, 5.41) is 9.74. The summed E-state index contributed by atoms with van der Waals surface area (Å²) in [6.45, 7) is 2.86. The number of alkyl halides is 1. The highest BCUT2D eigenvalue weighted by Gasteiger charge is 2.10. The third-order valence-corrected chi connectivity index (χ3v) is 4.73. The lowest BCUT2D eigenvalue weighted by Crippen LogP contribution is -2.07. The number of unbranched alkanes of at least 4 members (excludes halogenated alkanes) is 3. The minimum atomic E-state index is -0.756. The zero-order valence-corrected chi connectivity index (χ0v) is 17.8. The van der Waals surface area contributed by atoms with E-state index in [4.69, 9.17) is 14.6 Å². The summed E-state index contributed by atoms with van der Waals surface area (Å²) in [6.07, 6.45) is 6.68. The maximum absolute atomic E-state index is 11.7. The molecule has 1 aromatic rings. The number of carboxylic acids is 1. The molecular formula is C21H31BrO5. The van der Waals surface area contributed by atoms with E-state index in [1.54, 1.807) is 6.92 Å². The van der Waals surface area contributed by atoms with Crippen molar-refractivity contribution in [3.8, 4) is 5.75 Å². The third kappa shape index (κ3) is 11.0. The maximum atomic E-state index is 11.7. The van der Waals surface area contributed by atoms with Gasteiger partial charge in [0.1, 0.15) is 5.75 Å². The van der Waals surface area contributed by atoms with E-state index in [2.05, 4.69) is 22.0 Å². The molecule has 0 unspecified atom stereocenters. The molecule has 0 bridgehead atoms. The van der Waals surface area contributed by atoms with Crippen molar-refractivity contribution in [1.82, 2.24) is 0 Å². The summed E-state index contributed by atoms with van der Waals surface area (Å²) in [4.78, 5) is 22.3. The molecule has 0 aliphatic carbocycles. The second kappa shape index (κ2) is 14.5. The van der Waals surface area contributed by atoms with E-state index >= 15 is 0 Å². The average molecular weight is 443 g/mol. The van der Waals surface area contributed by atoms with E-state index in [9.17, 15) is 9.59 Å². The highest BCUT2D eigenvalue weighted by Crippen LogP contribution is 2.24. The van der Waals surface area contributed by atoms with Gasteiger partial charge in [-0.2, -0.15) is 0 Å². The monoisotopic (exact) mass is 442 g/mol. The molecule has 6 heteroatoms. The Balaban J connectivity index is 2.65. The Bertz CT molecular complexity index is 574. The number of aliphatic carboxylic acids is 1. The molecule has 0 saturated carbocycles. The van der Waals surface area contributed by atoms with E-state index in [0.717, 1.165) is 54.3 Å². The van der Waals surface area contributed by atoms with Gasteiger partial charge in [0.15, 0.2) is 0 Å². The Kier molecular flexibility index (Phi) is 12.6. The summed E-state index contributed by atoms with van der Waals surface area (Å²) in [5.74, 6) is -0.131. The molecule has 0 atom stereocenters. The molecule has 5 nitrogen and oxygen atoms in total. The second-order valence-electron chi connectivity index (χ2n) is 6.45. The largest absolute Gasteiger partial charge is 0.493 e. The maximum Gasteiger partial charge on any atom is 0.306 e. The lowest BCUT2D eigenvalue weighted by molar-refractivity contribution is -0.143. The molecule has 0 radical (unpaired) electrons. The molecule has 1 N–H and O–H groups in total. The number of ether oxygens (including phenoxy) is 2. The molecule has 0 spiro atoms. The van der Waals surface area contributed by atoms with Crippen LogP contribution in [0.15, 0.2) is 18.2 Å². The van der Waals surface area contributed by atoms with Gasteiger partial charge in [-0.15, -0.1) is 0 Å². The number of carboxylic acid groups (broad SMARTS) is 1. The van der Waals surface area contributed by atoms with Crippen molar-refractivity contribution in [2.45, 2.75) is 64.7 Å². The molecule has 27 heavy (non-hydrogen) atoms. The van der Waals surface area contributed by atoms with Gasteiger partial charge in [0, 0.05) is 18.2 Å². The molecular weight excluding hydrogens is 412 g/mol. The first-order valence-corrected chi connectivity index (χ1v) is 10.9. The average Bonchev–Trinajstić information content (AvgIpc) is 2.64. The number of hydrogen-bond acceptors (Lipinski definition) is 4. The van der Waals surface area contributed by atoms with Crippen LogP contribution in [0.25, 0.3) is 0 Å². The number of benzene rings is 1. The zero-order valence-electron chi connectivity index (χ0n) is 16.2. The van der Waals surface area contributed by atoms with Gasteiger partial charge in [0.05, 0.1) is 13.2 Å². The molecule has 152 valence electrons. The van der Waals surface area contributed by atoms with E-state index in [1.807, 2.05) is 12.1 Å². The fraction of sp³-hybridized carbons (Fsp3) is 0.619. The number of rotatable bonds is 15. The molecule has 0 amide bonds. The fourth-order valence-electron chi connectivity index (χ4n) is 2.76. The fourth-order valence-corrected chi connectivity index (χ4v) is 3.15. The van der Waals surface area contributed by atoms with Crippen molar-refractivity contribution in [2.24, 2.45) is 0 Å². The van der Waals surface area contributed by atoms with Crippen LogP contribution in [0, 0.1) is 0 Å². The van der Waals surface area contributed by atoms with Crippen LogP contribution in [-0.2, 0) is 27.2 Å². The predicted molar refractivity (Wildman–Crippen MR) is 110 cm³/mol. The minimum Gasteiger partial charge on any atom is -0.493 e. The third-order valence-electron chi connectivity index (χ3n) is 4.17. The van der Waals surface area contributed by atoms with E-state index in [0.29, 0.717) is 32.5 Å². The molecule has 0 fully saturated rings. The molecule has 0 aromatic heterocycles. The molecule has 0 aliphatic heterocycles. The number of carbonyl (C=O) groups excluding carboxylic acids is 1. The highest BCUT2D eigenvalue weighted by molar-refractivity contribution is 9.09. The van der Waals surface area contributed by atoms with Gasteiger partial charge in [-0.25, -0.2) is 0 Å². The van der Waals surface area contributed by atoms with Gasteiger partial charge in [0.2, 0.25) is 0 Å². The summed E-state index contributed by atoms with van der Waals surface area (Å²) in [7, 11) is 0. The second-order valence-corrected chi connectivity index (χ2v) is 7.24. The van der Waals surface area contributed by atoms with Crippen molar-refractivity contribution in [1.29, 1.82) is 0 Å². The predicted octanol–water partition coefficient (Wildman–Crippen LogP) is 4.92. The van der Waals surface area contributed by atoms with E-state index in [1.165, 1.54) is 0 Å². The SMILES string of the molecule is CCOC(=O)CCc1cc(CCCCC(=O)O)ccc1OCCCCCBr. The van der Waals surface area contributed by atoms with Crippen molar-refractivity contribution in [3.63, 3.8) is 0 Å². The normalized spacial score (nSPS) is 10.6. The Morgan fingerprint density at radius 2 is 1.85 bits per heavy atom. The summed E-state index contributed by atoms with van der Waals surface area (Å²) in [5.41, 5.74) is 2.16. The van der Waals surface area contributed by atoms with Gasteiger partial charge in [0.25, 0.3) is 0 Å². The Hall–Kier alpha value is -1.56. The van der Waals surface area contributed by atoms with Gasteiger partial charge in [-0.1, -0.05) is 28.1 Å². The molecule has 0 saturated heterocycles. The van der Waals surface area contributed by atoms with Crippen molar-refractivity contribution in [3.05, 3.63) is 29.3 Å². The number of esters is 1. The van der Waals surface area contributed by atoms with E-state index in [-0.39, 0.29) is 12.4 Å². The number of aryl methyl sites for hydroxylation is 2. The standard InChI is InChI=1S/C21H31BrO5/c1-2-26-21(25)13-11-18-16-17(8-4-5-9-20(23)24)10-12-19(18)27-15-7-3-6-14-22/h10,12,16H,2-9,11,13-15H2,1H3,(H,23,24). The van der Waals surface area contributed by atoms with Gasteiger partial charge in [-0.3, -0.25) is 9.59 Å². The molecule has 0 heterocycles. The first-order chi connectivity index (χ1) is 13.1. The van der Waals surface area contributed by atoms with Crippen LogP contribution < -0.4 is 4.74 Å². The first-order valence-electron chi connectivity index (χ1n) is 9.74. The number of hydrogen-bond donors (Lipinski definition) is 1. The van der Waals surface area contributed by atoms with Crippen LogP contribution in [0.5, 0.6) is 5.75 Å². The van der Waals surface area contributed by atoms with Crippen molar-refractivity contribution < 1.29 is 24.2 Å². The topological polar surface area (TPSA) is 72.8 Å². The highest BCUT2D eigenvalue weighted by atomic mass is 79.9. The van der Waals surface area contributed by atoms with Gasteiger partial charge in [-0.05, 0) is 69.1 Å². The Morgan fingerprint density at radius 3 is 2.56 bits per heavy atom. The van der Waals surface area contributed by atoms with E-state index < -0.39 is 5.97 Å². The van der Waals surface area contributed by atoms with Crippen LogP contribution >= 0.6 is 15.9 Å². The smallest absolute Gasteiger partial charge is 0.306 e. The Morgan fingerprint density at radius 1 is 1.04 bits per heavy atom. The van der Waals surface area contributed by atoms with Crippen molar-refractivity contribution in [2.75, 3.05) is 18.5 Å². The number of halogens is 1. The summed E-state index contributed by atoms with van der Waals surface area (Å²) >= 11 is 3.43. The van der Waals surface area contributed by atoms with Crippen LogP contribution in [0.3, 0.4) is 0 Å². The zero-order chi connectivity index (χ0) is 19.9. The minimum absolute atomic E-state index is 0.200. The number of carbonyl (C=O) groups is 2. The van der Waals surface area contributed by atoms with Crippen LogP contribution in [0.2, 0.25) is 0 Å².